The summed E-state index contributed by atoms with van der Waals surface area (Å²) in [5, 5.41) is 0. The van der Waals surface area contributed by atoms with Gasteiger partial charge in [-0.05, 0) is 50.1 Å². The first kappa shape index (κ1) is 25.1. The Labute approximate surface area is 207 Å². The van der Waals surface area contributed by atoms with Crippen LogP contribution >= 0.6 is 11.3 Å². The van der Waals surface area contributed by atoms with Crippen LogP contribution in [0.5, 0.6) is 5.75 Å². The molecule has 4 rings (SSSR count). The lowest BCUT2D eigenvalue weighted by Crippen LogP contribution is -2.40. The number of aryl methyl sites for hydroxylation is 1. The second-order valence-corrected chi connectivity index (χ2v) is 11.3. The van der Waals surface area contributed by atoms with E-state index in [4.69, 9.17) is 9.47 Å². The number of methoxy groups -OCH3 is 2. The van der Waals surface area contributed by atoms with Gasteiger partial charge in [0.2, 0.25) is 10.0 Å². The van der Waals surface area contributed by atoms with Crippen LogP contribution in [0.3, 0.4) is 0 Å². The number of ether oxygens (including phenoxy) is 2. The van der Waals surface area contributed by atoms with E-state index in [-0.39, 0.29) is 30.4 Å². The number of thiazole rings is 1. The van der Waals surface area contributed by atoms with Crippen molar-refractivity contribution in [3.05, 3.63) is 52.8 Å². The van der Waals surface area contributed by atoms with Gasteiger partial charge < -0.3 is 14.0 Å². The lowest BCUT2D eigenvalue weighted by molar-refractivity contribution is -0.141. The van der Waals surface area contributed by atoms with E-state index in [1.165, 1.54) is 22.8 Å². The van der Waals surface area contributed by atoms with Crippen LogP contribution < -0.4 is 9.54 Å². The normalized spacial score (nSPS) is 15.9. The maximum absolute atomic E-state index is 13.1. The van der Waals surface area contributed by atoms with Crippen LogP contribution in [0.1, 0.15) is 18.4 Å². The van der Waals surface area contributed by atoms with Crippen molar-refractivity contribution in [2.24, 2.45) is 10.9 Å². The Morgan fingerprint density at radius 3 is 2.40 bits per heavy atom. The van der Waals surface area contributed by atoms with Crippen molar-refractivity contribution in [3.63, 3.8) is 0 Å². The van der Waals surface area contributed by atoms with Gasteiger partial charge in [0, 0.05) is 19.0 Å². The number of sulfonamides is 1. The maximum Gasteiger partial charge on any atom is 0.325 e. The van der Waals surface area contributed by atoms with Crippen LogP contribution in [0, 0.1) is 12.8 Å². The number of carbonyl (C=O) groups is 2. The molecule has 0 bridgehead atoms. The van der Waals surface area contributed by atoms with E-state index in [1.807, 2.05) is 19.1 Å². The smallest absolute Gasteiger partial charge is 0.325 e. The molecule has 35 heavy (non-hydrogen) atoms. The highest BCUT2D eigenvalue weighted by Gasteiger charge is 2.32. The third-order valence-electron chi connectivity index (χ3n) is 6.07. The number of nitrogens with zero attached hydrogens (tertiary/aromatic N) is 3. The SMILES string of the molecule is COC(=O)Cn1c(=NC(=O)C2CCN(S(=O)(=O)c3ccc(C)cc3)CC2)sc2cc(OC)ccc21. The summed E-state index contributed by atoms with van der Waals surface area (Å²) in [7, 11) is -0.734. The molecule has 3 aromatic rings. The van der Waals surface area contributed by atoms with Crippen molar-refractivity contribution in [1.82, 2.24) is 8.87 Å². The summed E-state index contributed by atoms with van der Waals surface area (Å²) in [6.45, 7) is 2.31. The molecule has 0 atom stereocenters. The Bertz CT molecular complexity index is 1420. The van der Waals surface area contributed by atoms with Gasteiger partial charge in [0.25, 0.3) is 5.91 Å². The number of benzene rings is 2. The van der Waals surface area contributed by atoms with Gasteiger partial charge in [0.05, 0.1) is 29.3 Å². The molecule has 1 saturated heterocycles. The predicted octanol–water partition coefficient (Wildman–Crippen LogP) is 2.72. The third-order valence-corrected chi connectivity index (χ3v) is 9.03. The highest BCUT2D eigenvalue weighted by molar-refractivity contribution is 7.89. The zero-order valence-corrected chi connectivity index (χ0v) is 21.4. The summed E-state index contributed by atoms with van der Waals surface area (Å²) in [6.07, 6.45) is 0.756. The van der Waals surface area contributed by atoms with Crippen LogP contribution in [-0.4, -0.2) is 56.5 Å². The number of fused-ring (bicyclic) bond motifs is 1. The van der Waals surface area contributed by atoms with Crippen LogP contribution in [0.25, 0.3) is 10.2 Å². The van der Waals surface area contributed by atoms with E-state index in [2.05, 4.69) is 4.99 Å². The molecule has 1 fully saturated rings. The van der Waals surface area contributed by atoms with Crippen molar-refractivity contribution >= 4 is 43.5 Å². The quantitative estimate of drug-likeness (QED) is 0.466. The van der Waals surface area contributed by atoms with Crippen molar-refractivity contribution in [3.8, 4) is 5.75 Å². The van der Waals surface area contributed by atoms with Crippen LogP contribution in [0.2, 0.25) is 0 Å². The molecule has 2 heterocycles. The Balaban J connectivity index is 1.55. The van der Waals surface area contributed by atoms with Crippen molar-refractivity contribution in [1.29, 1.82) is 0 Å². The van der Waals surface area contributed by atoms with E-state index in [1.54, 1.807) is 42.0 Å². The average molecular weight is 518 g/mol. The summed E-state index contributed by atoms with van der Waals surface area (Å²) in [6, 6.07) is 12.2. The summed E-state index contributed by atoms with van der Waals surface area (Å²) in [5.74, 6) is -0.520. The first-order chi connectivity index (χ1) is 16.7. The topological polar surface area (TPSA) is 107 Å². The van der Waals surface area contributed by atoms with Crippen molar-refractivity contribution in [2.45, 2.75) is 31.2 Å². The standard InChI is InChI=1S/C24H27N3O6S2/c1-16-4-7-19(8-5-16)35(30,31)26-12-10-17(11-13-26)23(29)25-24-27(15-22(28)33-3)20-9-6-18(32-2)14-21(20)34-24/h4-9,14,17H,10-13,15H2,1-3H3. The first-order valence-electron chi connectivity index (χ1n) is 11.1. The number of hydrogen-bond donors (Lipinski definition) is 0. The summed E-state index contributed by atoms with van der Waals surface area (Å²) in [5.41, 5.74) is 1.73. The highest BCUT2D eigenvalue weighted by Crippen LogP contribution is 2.26. The van der Waals surface area contributed by atoms with Gasteiger partial charge >= 0.3 is 5.97 Å². The number of esters is 1. The lowest BCUT2D eigenvalue weighted by Gasteiger charge is -2.29. The summed E-state index contributed by atoms with van der Waals surface area (Å²) >= 11 is 1.28. The molecule has 186 valence electrons. The minimum absolute atomic E-state index is 0.0812. The van der Waals surface area contributed by atoms with E-state index < -0.39 is 21.9 Å². The number of hydrogen-bond acceptors (Lipinski definition) is 7. The fourth-order valence-electron chi connectivity index (χ4n) is 4.00. The van der Waals surface area contributed by atoms with Gasteiger partial charge in [0.15, 0.2) is 4.80 Å². The molecule has 1 amide bonds. The number of piperidine rings is 1. The maximum atomic E-state index is 13.1. The Morgan fingerprint density at radius 1 is 1.09 bits per heavy atom. The average Bonchev–Trinajstić information content (AvgIpc) is 3.19. The van der Waals surface area contributed by atoms with Crippen LogP contribution in [0.4, 0.5) is 0 Å². The monoisotopic (exact) mass is 517 g/mol. The summed E-state index contributed by atoms with van der Waals surface area (Å²) < 4.78 is 39.9. The second kappa shape index (κ2) is 10.3. The van der Waals surface area contributed by atoms with Crippen LogP contribution in [0.15, 0.2) is 52.4 Å². The second-order valence-electron chi connectivity index (χ2n) is 8.32. The fourth-order valence-corrected chi connectivity index (χ4v) is 6.53. The molecule has 0 spiro atoms. The van der Waals surface area contributed by atoms with Gasteiger partial charge in [-0.15, -0.1) is 0 Å². The number of amides is 1. The molecule has 0 N–H and O–H groups in total. The van der Waals surface area contributed by atoms with Gasteiger partial charge in [-0.1, -0.05) is 29.0 Å². The predicted molar refractivity (Wildman–Crippen MR) is 132 cm³/mol. The largest absolute Gasteiger partial charge is 0.497 e. The van der Waals surface area contributed by atoms with Crippen LogP contribution in [-0.2, 0) is 30.9 Å². The molecule has 9 nitrogen and oxygen atoms in total. The molecular weight excluding hydrogens is 490 g/mol. The van der Waals surface area contributed by atoms with Gasteiger partial charge in [-0.25, -0.2) is 8.42 Å². The van der Waals surface area contributed by atoms with E-state index >= 15 is 0 Å². The number of carbonyl (C=O) groups excluding carboxylic acids is 2. The molecular formula is C24H27N3O6S2. The van der Waals surface area contributed by atoms with E-state index in [9.17, 15) is 18.0 Å². The molecule has 0 aliphatic carbocycles. The molecule has 1 aliphatic heterocycles. The molecule has 1 aromatic heterocycles. The van der Waals surface area contributed by atoms with Gasteiger partial charge in [0.1, 0.15) is 12.3 Å². The molecule has 0 unspecified atom stereocenters. The van der Waals surface area contributed by atoms with E-state index in [0.717, 1.165) is 15.8 Å². The molecule has 1 aliphatic rings. The molecule has 2 aromatic carbocycles. The zero-order valence-electron chi connectivity index (χ0n) is 19.8. The molecule has 11 heteroatoms. The summed E-state index contributed by atoms with van der Waals surface area (Å²) in [4.78, 5) is 30.0. The van der Waals surface area contributed by atoms with Gasteiger partial charge in [-0.2, -0.15) is 9.30 Å². The number of aromatic nitrogens is 1. The first-order valence-corrected chi connectivity index (χ1v) is 13.4. The lowest BCUT2D eigenvalue weighted by atomic mass is 9.98. The fraction of sp³-hybridized carbons (Fsp3) is 0.375. The zero-order chi connectivity index (χ0) is 25.2. The van der Waals surface area contributed by atoms with Gasteiger partial charge in [-0.3, -0.25) is 9.59 Å². The Morgan fingerprint density at radius 2 is 1.77 bits per heavy atom. The molecule has 0 saturated carbocycles. The Kier molecular flexibility index (Phi) is 7.39. The molecule has 0 radical (unpaired) electrons. The third kappa shape index (κ3) is 5.31. The minimum Gasteiger partial charge on any atom is -0.497 e. The van der Waals surface area contributed by atoms with Crippen molar-refractivity contribution in [2.75, 3.05) is 27.3 Å². The van der Waals surface area contributed by atoms with Crippen molar-refractivity contribution < 1.29 is 27.5 Å². The minimum atomic E-state index is -3.61. The number of rotatable bonds is 6. The van der Waals surface area contributed by atoms with E-state index in [0.29, 0.717) is 23.4 Å². The highest BCUT2D eigenvalue weighted by atomic mass is 32.2. The Hall–Kier alpha value is -3.02.